The lowest BCUT2D eigenvalue weighted by atomic mass is 9.99. The number of halogens is 2. The van der Waals surface area contributed by atoms with Gasteiger partial charge in [-0.05, 0) is 36.6 Å². The maximum Gasteiger partial charge on any atom is 0.0221 e. The van der Waals surface area contributed by atoms with Crippen LogP contribution in [0.25, 0.3) is 0 Å². The predicted molar refractivity (Wildman–Crippen MR) is 62.1 cm³/mol. The first kappa shape index (κ1) is 9.69. The molecule has 1 saturated heterocycles. The van der Waals surface area contributed by atoms with E-state index in [1.54, 1.807) is 0 Å². The van der Waals surface area contributed by atoms with Gasteiger partial charge in [-0.2, -0.15) is 0 Å². The number of rotatable bonds is 1. The molecule has 0 spiro atoms. The van der Waals surface area contributed by atoms with Gasteiger partial charge in [-0.15, -0.1) is 0 Å². The highest BCUT2D eigenvalue weighted by Crippen LogP contribution is 2.34. The monoisotopic (exact) mass is 303 g/mol. The Kier molecular flexibility index (Phi) is 3.06. The van der Waals surface area contributed by atoms with Gasteiger partial charge in [0.2, 0.25) is 0 Å². The van der Waals surface area contributed by atoms with Crippen LogP contribution in [0.1, 0.15) is 17.9 Å². The Morgan fingerprint density at radius 1 is 1.23 bits per heavy atom. The van der Waals surface area contributed by atoms with E-state index in [2.05, 4.69) is 55.4 Å². The molecule has 0 radical (unpaired) electrons. The van der Waals surface area contributed by atoms with Crippen LogP contribution in [0.3, 0.4) is 0 Å². The standard InChI is InChI=1S/C10H11Br2N/c11-8-2-1-3-9(12)10(8)7-4-5-13-6-7/h1-3,7,13H,4-6H2/t7-/m0/s1. The molecule has 1 fully saturated rings. The number of nitrogens with one attached hydrogen (secondary N) is 1. The minimum atomic E-state index is 0.657. The van der Waals surface area contributed by atoms with Crippen molar-refractivity contribution in [3.8, 4) is 0 Å². The summed E-state index contributed by atoms with van der Waals surface area (Å²) in [6.07, 6.45) is 1.24. The molecule has 13 heavy (non-hydrogen) atoms. The fraction of sp³-hybridized carbons (Fsp3) is 0.400. The van der Waals surface area contributed by atoms with Crippen molar-refractivity contribution in [1.29, 1.82) is 0 Å². The van der Waals surface area contributed by atoms with Gasteiger partial charge in [-0.1, -0.05) is 37.9 Å². The van der Waals surface area contributed by atoms with E-state index in [4.69, 9.17) is 0 Å². The average molecular weight is 305 g/mol. The molecule has 1 aliphatic heterocycles. The summed E-state index contributed by atoms with van der Waals surface area (Å²) in [5, 5.41) is 3.38. The molecule has 1 aromatic rings. The normalized spacial score (nSPS) is 22.2. The summed E-state index contributed by atoms with van der Waals surface area (Å²) >= 11 is 7.20. The SMILES string of the molecule is Brc1cccc(Br)c1[C@H]1CCNC1. The second-order valence-electron chi connectivity index (χ2n) is 3.33. The zero-order valence-electron chi connectivity index (χ0n) is 7.19. The van der Waals surface area contributed by atoms with Gasteiger partial charge < -0.3 is 5.32 Å². The van der Waals surface area contributed by atoms with E-state index in [9.17, 15) is 0 Å². The van der Waals surface area contributed by atoms with Crippen molar-refractivity contribution in [2.45, 2.75) is 12.3 Å². The Morgan fingerprint density at radius 3 is 2.46 bits per heavy atom. The third-order valence-corrected chi connectivity index (χ3v) is 3.85. The van der Waals surface area contributed by atoms with Crippen LogP contribution in [0, 0.1) is 0 Å². The lowest BCUT2D eigenvalue weighted by molar-refractivity contribution is 0.755. The molecule has 0 aromatic heterocycles. The molecule has 1 nitrogen and oxygen atoms in total. The largest absolute Gasteiger partial charge is 0.316 e. The minimum absolute atomic E-state index is 0.657. The predicted octanol–water partition coefficient (Wildman–Crippen LogP) is 3.29. The molecule has 1 atom stereocenters. The average Bonchev–Trinajstić information content (AvgIpc) is 2.57. The highest BCUT2D eigenvalue weighted by atomic mass is 79.9. The van der Waals surface area contributed by atoms with Crippen LogP contribution in [0.15, 0.2) is 27.1 Å². The first-order chi connectivity index (χ1) is 6.29. The number of benzene rings is 1. The third-order valence-electron chi connectivity index (χ3n) is 2.47. The van der Waals surface area contributed by atoms with Crippen molar-refractivity contribution in [1.82, 2.24) is 5.32 Å². The van der Waals surface area contributed by atoms with Gasteiger partial charge in [0.05, 0.1) is 0 Å². The van der Waals surface area contributed by atoms with Crippen molar-refractivity contribution >= 4 is 31.9 Å². The summed E-state index contributed by atoms with van der Waals surface area (Å²) in [5.74, 6) is 0.657. The molecule has 2 rings (SSSR count). The first-order valence-electron chi connectivity index (χ1n) is 4.43. The number of hydrogen-bond acceptors (Lipinski definition) is 1. The second-order valence-corrected chi connectivity index (χ2v) is 5.03. The lowest BCUT2D eigenvalue weighted by Crippen LogP contribution is -2.08. The van der Waals surface area contributed by atoms with Crippen LogP contribution in [0.4, 0.5) is 0 Å². The van der Waals surface area contributed by atoms with Crippen LogP contribution in [-0.2, 0) is 0 Å². The molecule has 1 heterocycles. The first-order valence-corrected chi connectivity index (χ1v) is 6.02. The summed E-state index contributed by atoms with van der Waals surface area (Å²) in [7, 11) is 0. The molecule has 3 heteroatoms. The van der Waals surface area contributed by atoms with Crippen LogP contribution in [-0.4, -0.2) is 13.1 Å². The molecular weight excluding hydrogens is 294 g/mol. The summed E-state index contributed by atoms with van der Waals surface area (Å²) in [6, 6.07) is 6.27. The van der Waals surface area contributed by atoms with Gasteiger partial charge in [0.15, 0.2) is 0 Å². The van der Waals surface area contributed by atoms with E-state index in [0.717, 1.165) is 13.1 Å². The molecule has 0 aliphatic carbocycles. The molecule has 1 N–H and O–H groups in total. The molecule has 0 bridgehead atoms. The Bertz CT molecular complexity index is 286. The van der Waals surface area contributed by atoms with Crippen LogP contribution in [0.2, 0.25) is 0 Å². The Morgan fingerprint density at radius 2 is 1.92 bits per heavy atom. The third kappa shape index (κ3) is 1.97. The van der Waals surface area contributed by atoms with E-state index in [1.165, 1.54) is 20.9 Å². The van der Waals surface area contributed by atoms with Crippen molar-refractivity contribution < 1.29 is 0 Å². The fourth-order valence-corrected chi connectivity index (χ4v) is 3.45. The zero-order valence-corrected chi connectivity index (χ0v) is 10.4. The van der Waals surface area contributed by atoms with Gasteiger partial charge >= 0.3 is 0 Å². The fourth-order valence-electron chi connectivity index (χ4n) is 1.80. The highest BCUT2D eigenvalue weighted by molar-refractivity contribution is 9.11. The van der Waals surface area contributed by atoms with E-state index < -0.39 is 0 Å². The van der Waals surface area contributed by atoms with Crippen LogP contribution in [0.5, 0.6) is 0 Å². The van der Waals surface area contributed by atoms with E-state index in [0.29, 0.717) is 5.92 Å². The molecular formula is C10H11Br2N. The quantitative estimate of drug-likeness (QED) is 0.839. The zero-order chi connectivity index (χ0) is 9.26. The lowest BCUT2D eigenvalue weighted by Gasteiger charge is -2.13. The van der Waals surface area contributed by atoms with Crippen molar-refractivity contribution in [3.05, 3.63) is 32.7 Å². The summed E-state index contributed by atoms with van der Waals surface area (Å²) < 4.78 is 2.44. The molecule has 70 valence electrons. The van der Waals surface area contributed by atoms with Crippen LogP contribution >= 0.6 is 31.9 Å². The smallest absolute Gasteiger partial charge is 0.0221 e. The number of hydrogen-bond donors (Lipinski definition) is 1. The van der Waals surface area contributed by atoms with E-state index in [1.807, 2.05) is 0 Å². The summed E-state index contributed by atoms with van der Waals surface area (Å²) in [6.45, 7) is 2.24. The maximum atomic E-state index is 3.60. The minimum Gasteiger partial charge on any atom is -0.316 e. The molecule has 0 amide bonds. The summed E-state index contributed by atoms with van der Waals surface area (Å²) in [4.78, 5) is 0. The maximum absolute atomic E-state index is 3.60. The van der Waals surface area contributed by atoms with Crippen molar-refractivity contribution in [3.63, 3.8) is 0 Å². The van der Waals surface area contributed by atoms with Gasteiger partial charge in [0, 0.05) is 15.5 Å². The van der Waals surface area contributed by atoms with Crippen molar-refractivity contribution in [2.24, 2.45) is 0 Å². The summed E-state index contributed by atoms with van der Waals surface area (Å²) in [5.41, 5.74) is 1.41. The second kappa shape index (κ2) is 4.11. The molecule has 1 aromatic carbocycles. The molecule has 0 saturated carbocycles. The molecule has 0 unspecified atom stereocenters. The van der Waals surface area contributed by atoms with Gasteiger partial charge in [-0.25, -0.2) is 0 Å². The van der Waals surface area contributed by atoms with E-state index in [-0.39, 0.29) is 0 Å². The van der Waals surface area contributed by atoms with Gasteiger partial charge in [-0.3, -0.25) is 0 Å². The van der Waals surface area contributed by atoms with Gasteiger partial charge in [0.25, 0.3) is 0 Å². The van der Waals surface area contributed by atoms with E-state index >= 15 is 0 Å². The molecule has 1 aliphatic rings. The Balaban J connectivity index is 2.37. The van der Waals surface area contributed by atoms with Crippen molar-refractivity contribution in [2.75, 3.05) is 13.1 Å². The van der Waals surface area contributed by atoms with Gasteiger partial charge in [0.1, 0.15) is 0 Å². The Labute approximate surface area is 95.2 Å². The highest BCUT2D eigenvalue weighted by Gasteiger charge is 2.20. The van der Waals surface area contributed by atoms with Crippen LogP contribution < -0.4 is 5.32 Å². The topological polar surface area (TPSA) is 12.0 Å². The Hall–Kier alpha value is 0.140.